The Balaban J connectivity index is 1.57. The highest BCUT2D eigenvalue weighted by Crippen LogP contribution is 2.23. The first-order valence-corrected chi connectivity index (χ1v) is 13.2. The second-order valence-electron chi connectivity index (χ2n) is 9.42. The predicted octanol–water partition coefficient (Wildman–Crippen LogP) is 3.33. The number of pyridine rings is 1. The Bertz CT molecular complexity index is 1420. The fraction of sp³-hybridized carbons (Fsp3) is 0.300. The van der Waals surface area contributed by atoms with Gasteiger partial charge in [-0.15, -0.1) is 0 Å². The van der Waals surface area contributed by atoms with E-state index in [0.29, 0.717) is 43.0 Å². The Kier molecular flexibility index (Phi) is 12.2. The quantitative estimate of drug-likeness (QED) is 0.122. The SMILES string of the molecule is COc1ccc(Nc2nc(Nc3ccc(F)nc3)ncc2C#CCCCNC(=O)CN(C)C(=O)/C=C/CN(C)C)cc1. The number of aromatic nitrogens is 3. The molecule has 11 nitrogen and oxygen atoms in total. The van der Waals surface area contributed by atoms with Crippen molar-refractivity contribution in [1.82, 2.24) is 30.1 Å². The number of nitrogens with one attached hydrogen (secondary N) is 3. The van der Waals surface area contributed by atoms with Crippen LogP contribution < -0.4 is 20.7 Å². The Labute approximate surface area is 245 Å². The standard InChI is InChI=1S/C30H35FN8O3/c1-38(2)18-8-10-28(41)39(3)21-27(40)32-17-7-5-6-9-22-19-34-30(36-24-13-16-26(31)33-20-24)37-29(22)35-23-11-14-25(42-4)15-12-23/h8,10-16,19-20H,5,7,17-18,21H2,1-4H3,(H,32,40)(H2,34,35,36,37)/b10-8+. The van der Waals surface area contributed by atoms with Crippen molar-refractivity contribution in [2.24, 2.45) is 0 Å². The monoisotopic (exact) mass is 574 g/mol. The van der Waals surface area contributed by atoms with Gasteiger partial charge in [-0.25, -0.2) is 9.97 Å². The van der Waals surface area contributed by atoms with Crippen molar-refractivity contribution < 1.29 is 18.7 Å². The van der Waals surface area contributed by atoms with E-state index in [1.165, 1.54) is 29.3 Å². The van der Waals surface area contributed by atoms with Gasteiger partial charge in [0.15, 0.2) is 5.82 Å². The first-order chi connectivity index (χ1) is 20.2. The first kappa shape index (κ1) is 31.5. The highest BCUT2D eigenvalue weighted by atomic mass is 19.1. The molecule has 3 N–H and O–H groups in total. The second-order valence-corrected chi connectivity index (χ2v) is 9.42. The highest BCUT2D eigenvalue weighted by molar-refractivity contribution is 5.91. The number of methoxy groups -OCH3 is 1. The van der Waals surface area contributed by atoms with Gasteiger partial charge < -0.3 is 30.5 Å². The van der Waals surface area contributed by atoms with Crippen LogP contribution in [0.25, 0.3) is 0 Å². The van der Waals surface area contributed by atoms with E-state index in [4.69, 9.17) is 4.74 Å². The molecule has 3 rings (SSSR count). The molecule has 0 fully saturated rings. The van der Waals surface area contributed by atoms with Crippen molar-refractivity contribution in [3.8, 4) is 17.6 Å². The van der Waals surface area contributed by atoms with Crippen molar-refractivity contribution in [2.75, 3.05) is 58.5 Å². The Hall–Kier alpha value is -5.02. The number of carbonyl (C=O) groups is 2. The van der Waals surface area contributed by atoms with Crippen LogP contribution >= 0.6 is 0 Å². The number of hydrogen-bond donors (Lipinski definition) is 3. The number of benzene rings is 1. The fourth-order valence-electron chi connectivity index (χ4n) is 3.42. The topological polar surface area (TPSA) is 125 Å². The van der Waals surface area contributed by atoms with Crippen molar-refractivity contribution in [1.29, 1.82) is 0 Å². The lowest BCUT2D eigenvalue weighted by molar-refractivity contribution is -0.131. The number of anilines is 4. The van der Waals surface area contributed by atoms with Crippen LogP contribution in [0.15, 0.2) is 60.9 Å². The maximum Gasteiger partial charge on any atom is 0.246 e. The maximum absolute atomic E-state index is 13.2. The van der Waals surface area contributed by atoms with Gasteiger partial charge in [0.25, 0.3) is 0 Å². The number of carbonyl (C=O) groups excluding carboxylic acids is 2. The molecule has 0 saturated heterocycles. The van der Waals surface area contributed by atoms with Crippen LogP contribution in [-0.4, -0.2) is 84.5 Å². The number of amides is 2. The number of hydrogen-bond acceptors (Lipinski definition) is 9. The maximum atomic E-state index is 13.2. The minimum atomic E-state index is -0.584. The summed E-state index contributed by atoms with van der Waals surface area (Å²) < 4.78 is 18.4. The molecule has 0 aliphatic heterocycles. The lowest BCUT2D eigenvalue weighted by Crippen LogP contribution is -2.38. The van der Waals surface area contributed by atoms with Gasteiger partial charge in [-0.2, -0.15) is 9.37 Å². The first-order valence-electron chi connectivity index (χ1n) is 13.2. The Morgan fingerprint density at radius 2 is 1.79 bits per heavy atom. The van der Waals surface area contributed by atoms with Crippen LogP contribution in [0, 0.1) is 17.8 Å². The molecule has 0 unspecified atom stereocenters. The van der Waals surface area contributed by atoms with E-state index in [9.17, 15) is 14.0 Å². The summed E-state index contributed by atoms with van der Waals surface area (Å²) in [6.07, 6.45) is 7.30. The minimum absolute atomic E-state index is 0.0249. The summed E-state index contributed by atoms with van der Waals surface area (Å²) in [6.45, 7) is 1.05. The van der Waals surface area contributed by atoms with Gasteiger partial charge in [-0.1, -0.05) is 17.9 Å². The van der Waals surface area contributed by atoms with Crippen molar-refractivity contribution >= 4 is 35.0 Å². The third-order valence-electron chi connectivity index (χ3n) is 5.64. The predicted molar refractivity (Wildman–Crippen MR) is 160 cm³/mol. The van der Waals surface area contributed by atoms with Crippen LogP contribution in [0.4, 0.5) is 27.5 Å². The van der Waals surface area contributed by atoms with E-state index in [2.05, 4.69) is 42.7 Å². The average molecular weight is 575 g/mol. The zero-order chi connectivity index (χ0) is 30.3. The molecule has 0 aliphatic carbocycles. The van der Waals surface area contributed by atoms with E-state index in [1.54, 1.807) is 26.4 Å². The molecule has 0 saturated carbocycles. The number of likely N-dealkylation sites (N-methyl/N-ethyl adjacent to an activating group) is 2. The van der Waals surface area contributed by atoms with Crippen LogP contribution in [-0.2, 0) is 9.59 Å². The summed E-state index contributed by atoms with van der Waals surface area (Å²) >= 11 is 0. The summed E-state index contributed by atoms with van der Waals surface area (Å²) in [5.74, 6) is 6.61. The average Bonchev–Trinajstić information content (AvgIpc) is 2.97. The Morgan fingerprint density at radius 3 is 2.48 bits per heavy atom. The van der Waals surface area contributed by atoms with Crippen LogP contribution in [0.5, 0.6) is 5.75 Å². The van der Waals surface area contributed by atoms with Gasteiger partial charge in [-0.3, -0.25) is 9.59 Å². The molecule has 1 aromatic carbocycles. The third-order valence-corrected chi connectivity index (χ3v) is 5.64. The fourth-order valence-corrected chi connectivity index (χ4v) is 3.42. The Morgan fingerprint density at radius 1 is 1.02 bits per heavy atom. The van der Waals surface area contributed by atoms with E-state index >= 15 is 0 Å². The second kappa shape index (κ2) is 16.3. The molecule has 0 spiro atoms. The molecule has 42 heavy (non-hydrogen) atoms. The lowest BCUT2D eigenvalue weighted by atomic mass is 10.2. The van der Waals surface area contributed by atoms with Gasteiger partial charge in [-0.05, 0) is 56.9 Å². The number of ether oxygens (including phenoxy) is 1. The molecule has 2 amide bonds. The zero-order valence-corrected chi connectivity index (χ0v) is 24.1. The summed E-state index contributed by atoms with van der Waals surface area (Å²) in [5.41, 5.74) is 1.87. The third kappa shape index (κ3) is 10.9. The van der Waals surface area contributed by atoms with E-state index < -0.39 is 5.95 Å². The molecule has 0 radical (unpaired) electrons. The largest absolute Gasteiger partial charge is 0.497 e. The summed E-state index contributed by atoms with van der Waals surface area (Å²) in [5, 5.41) is 9.06. The van der Waals surface area contributed by atoms with Crippen molar-refractivity contribution in [3.63, 3.8) is 0 Å². The normalized spacial score (nSPS) is 10.6. The van der Waals surface area contributed by atoms with Gasteiger partial charge in [0.05, 0.1) is 37.3 Å². The molecule has 12 heteroatoms. The molecular weight excluding hydrogens is 539 g/mol. The molecule has 0 bridgehead atoms. The van der Waals surface area contributed by atoms with Crippen LogP contribution in [0.1, 0.15) is 18.4 Å². The number of halogens is 1. The van der Waals surface area contributed by atoms with Crippen LogP contribution in [0.2, 0.25) is 0 Å². The van der Waals surface area contributed by atoms with E-state index in [0.717, 1.165) is 11.4 Å². The molecule has 2 aromatic heterocycles. The number of unbranched alkanes of at least 4 members (excludes halogenated alkanes) is 1. The highest BCUT2D eigenvalue weighted by Gasteiger charge is 2.10. The lowest BCUT2D eigenvalue weighted by Gasteiger charge is -2.14. The van der Waals surface area contributed by atoms with Gasteiger partial charge in [0, 0.05) is 38.3 Å². The molecule has 2 heterocycles. The van der Waals surface area contributed by atoms with Crippen molar-refractivity contribution in [2.45, 2.75) is 12.8 Å². The minimum Gasteiger partial charge on any atom is -0.497 e. The number of nitrogens with zero attached hydrogens (tertiary/aromatic N) is 5. The van der Waals surface area contributed by atoms with Gasteiger partial charge in [0.1, 0.15) is 5.75 Å². The van der Waals surface area contributed by atoms with E-state index in [1.807, 2.05) is 43.3 Å². The smallest absolute Gasteiger partial charge is 0.246 e. The summed E-state index contributed by atoms with van der Waals surface area (Å²) in [7, 11) is 7.00. The van der Waals surface area contributed by atoms with Gasteiger partial charge >= 0.3 is 0 Å². The number of rotatable bonds is 13. The molecule has 3 aromatic rings. The van der Waals surface area contributed by atoms with Gasteiger partial charge in [0.2, 0.25) is 23.7 Å². The van der Waals surface area contributed by atoms with Crippen molar-refractivity contribution in [3.05, 3.63) is 72.5 Å². The molecule has 0 aliphatic rings. The van der Waals surface area contributed by atoms with Crippen LogP contribution in [0.3, 0.4) is 0 Å². The summed E-state index contributed by atoms with van der Waals surface area (Å²) in [4.78, 5) is 40.1. The molecular formula is C30H35FN8O3. The molecule has 0 atom stereocenters. The summed E-state index contributed by atoms with van der Waals surface area (Å²) in [6, 6.07) is 10.1. The zero-order valence-electron chi connectivity index (χ0n) is 24.1. The molecule has 220 valence electrons. The van der Waals surface area contributed by atoms with E-state index in [-0.39, 0.29) is 24.3 Å².